The van der Waals surface area contributed by atoms with Gasteiger partial charge in [-0.05, 0) is 37.2 Å². The fraction of sp³-hybridized carbons (Fsp3) is 0.467. The van der Waals surface area contributed by atoms with E-state index in [-0.39, 0.29) is 23.8 Å². The van der Waals surface area contributed by atoms with Crippen molar-refractivity contribution < 1.29 is 14.0 Å². The first kappa shape index (κ1) is 16.2. The molecule has 1 unspecified atom stereocenters. The molecular formula is C15H21FN4O2. The summed E-state index contributed by atoms with van der Waals surface area (Å²) in [5, 5.41) is 8.54. The topological polar surface area (TPSA) is 73.5 Å². The third kappa shape index (κ3) is 3.73. The number of rotatable bonds is 6. The van der Waals surface area contributed by atoms with Gasteiger partial charge in [-0.15, -0.1) is 0 Å². The zero-order chi connectivity index (χ0) is 16.1. The van der Waals surface area contributed by atoms with Crippen molar-refractivity contribution in [2.24, 2.45) is 0 Å². The molecule has 1 atom stereocenters. The number of hydrogen-bond donors (Lipinski definition) is 3. The van der Waals surface area contributed by atoms with Crippen molar-refractivity contribution in [3.63, 3.8) is 0 Å². The predicted molar refractivity (Wildman–Crippen MR) is 81.2 cm³/mol. The van der Waals surface area contributed by atoms with E-state index >= 15 is 0 Å². The molecule has 120 valence electrons. The third-order valence-corrected chi connectivity index (χ3v) is 3.69. The highest BCUT2D eigenvalue weighted by molar-refractivity contribution is 5.99. The van der Waals surface area contributed by atoms with Gasteiger partial charge >= 0.3 is 6.03 Å². The number of likely N-dealkylation sites (N-methyl/N-ethyl adjacent to an activating group) is 1. The first-order valence-corrected chi connectivity index (χ1v) is 7.27. The van der Waals surface area contributed by atoms with Crippen molar-refractivity contribution in [3.8, 4) is 0 Å². The maximum absolute atomic E-state index is 13.3. The monoisotopic (exact) mass is 308 g/mol. The zero-order valence-corrected chi connectivity index (χ0v) is 12.8. The number of urea groups is 1. The molecule has 0 radical (unpaired) electrons. The van der Waals surface area contributed by atoms with E-state index in [2.05, 4.69) is 16.0 Å². The number of nitrogens with one attached hydrogen (secondary N) is 3. The van der Waals surface area contributed by atoms with E-state index in [4.69, 9.17) is 0 Å². The molecule has 1 heterocycles. The van der Waals surface area contributed by atoms with Gasteiger partial charge < -0.3 is 20.9 Å². The summed E-state index contributed by atoms with van der Waals surface area (Å²) in [5.41, 5.74) is 1.17. The van der Waals surface area contributed by atoms with Crippen LogP contribution in [0, 0.1) is 5.82 Å². The summed E-state index contributed by atoms with van der Waals surface area (Å²) in [6, 6.07) is 3.73. The number of hydrogen-bond acceptors (Lipinski definition) is 3. The first-order valence-electron chi connectivity index (χ1n) is 7.27. The van der Waals surface area contributed by atoms with Gasteiger partial charge in [0.2, 0.25) is 0 Å². The Balaban J connectivity index is 1.89. The Morgan fingerprint density at radius 2 is 2.18 bits per heavy atom. The fourth-order valence-electron chi connectivity index (χ4n) is 2.42. The van der Waals surface area contributed by atoms with Gasteiger partial charge in [0.15, 0.2) is 0 Å². The summed E-state index contributed by atoms with van der Waals surface area (Å²) in [6.45, 7) is 1.71. The van der Waals surface area contributed by atoms with E-state index in [1.165, 1.54) is 18.2 Å². The number of nitrogens with zero attached hydrogens (tertiary/aromatic N) is 1. The molecule has 0 saturated carbocycles. The Kier molecular flexibility index (Phi) is 5.32. The maximum atomic E-state index is 13.3. The fourth-order valence-corrected chi connectivity index (χ4v) is 2.42. The van der Waals surface area contributed by atoms with Gasteiger partial charge in [0.1, 0.15) is 5.82 Å². The summed E-state index contributed by atoms with van der Waals surface area (Å²) in [4.78, 5) is 25.2. The maximum Gasteiger partial charge on any atom is 0.317 e. The number of halogens is 1. The largest absolute Gasteiger partial charge is 0.345 e. The summed E-state index contributed by atoms with van der Waals surface area (Å²) in [7, 11) is 3.51. The Bertz CT molecular complexity index is 564. The van der Waals surface area contributed by atoms with Crippen LogP contribution in [0.15, 0.2) is 18.2 Å². The molecule has 22 heavy (non-hydrogen) atoms. The molecule has 7 heteroatoms. The smallest absolute Gasteiger partial charge is 0.317 e. The molecule has 1 aliphatic rings. The van der Waals surface area contributed by atoms with E-state index in [1.807, 2.05) is 7.05 Å². The van der Waals surface area contributed by atoms with E-state index in [1.54, 1.807) is 11.9 Å². The standard InChI is InChI=1S/C15H21FN4O2/c1-17-6-7-18-15(22)20(2)8-5-13-12-9-10(16)3-4-11(12)14(21)19-13/h3-4,9,13,17H,5-8H2,1-2H3,(H,18,22)(H,19,21). The van der Waals surface area contributed by atoms with Gasteiger partial charge in [-0.2, -0.15) is 0 Å². The molecule has 1 aliphatic heterocycles. The molecule has 3 N–H and O–H groups in total. The van der Waals surface area contributed by atoms with Gasteiger partial charge in [0, 0.05) is 32.2 Å². The Labute approximate surface area is 129 Å². The molecule has 0 aliphatic carbocycles. The highest BCUT2D eigenvalue weighted by atomic mass is 19.1. The lowest BCUT2D eigenvalue weighted by Crippen LogP contribution is -2.41. The Morgan fingerprint density at radius 1 is 1.41 bits per heavy atom. The van der Waals surface area contributed by atoms with Crippen LogP contribution in [-0.4, -0.2) is 50.6 Å². The van der Waals surface area contributed by atoms with Crippen molar-refractivity contribution in [1.82, 2.24) is 20.9 Å². The van der Waals surface area contributed by atoms with Crippen molar-refractivity contribution in [1.29, 1.82) is 0 Å². The molecule has 0 spiro atoms. The minimum Gasteiger partial charge on any atom is -0.345 e. The van der Waals surface area contributed by atoms with Crippen molar-refractivity contribution in [3.05, 3.63) is 35.1 Å². The highest BCUT2D eigenvalue weighted by Crippen LogP contribution is 2.28. The minimum absolute atomic E-state index is 0.168. The van der Waals surface area contributed by atoms with Crippen LogP contribution in [0.1, 0.15) is 28.4 Å². The van der Waals surface area contributed by atoms with Gasteiger partial charge in [-0.25, -0.2) is 9.18 Å². The van der Waals surface area contributed by atoms with Crippen LogP contribution < -0.4 is 16.0 Å². The molecule has 0 bridgehead atoms. The van der Waals surface area contributed by atoms with Crippen LogP contribution in [0.3, 0.4) is 0 Å². The molecule has 0 aromatic heterocycles. The second kappa shape index (κ2) is 7.22. The second-order valence-electron chi connectivity index (χ2n) is 5.30. The average Bonchev–Trinajstić information content (AvgIpc) is 2.80. The molecular weight excluding hydrogens is 287 g/mol. The summed E-state index contributed by atoms with van der Waals surface area (Å²) in [5.74, 6) is -0.556. The number of carbonyl (C=O) groups excluding carboxylic acids is 2. The molecule has 6 nitrogen and oxygen atoms in total. The van der Waals surface area contributed by atoms with Crippen molar-refractivity contribution >= 4 is 11.9 Å². The molecule has 0 saturated heterocycles. The normalized spacial score (nSPS) is 16.1. The van der Waals surface area contributed by atoms with E-state index < -0.39 is 0 Å². The van der Waals surface area contributed by atoms with E-state index in [9.17, 15) is 14.0 Å². The summed E-state index contributed by atoms with van der Waals surface area (Å²) >= 11 is 0. The highest BCUT2D eigenvalue weighted by Gasteiger charge is 2.29. The van der Waals surface area contributed by atoms with Crippen LogP contribution in [-0.2, 0) is 0 Å². The minimum atomic E-state index is -0.363. The summed E-state index contributed by atoms with van der Waals surface area (Å²) in [6.07, 6.45) is 0.540. The second-order valence-corrected chi connectivity index (χ2v) is 5.30. The SMILES string of the molecule is CNCCNC(=O)N(C)CCC1NC(=O)c2ccc(F)cc21. The van der Waals surface area contributed by atoms with Gasteiger partial charge in [-0.3, -0.25) is 4.79 Å². The quantitative estimate of drug-likeness (QED) is 0.683. The molecule has 2 rings (SSSR count). The molecule has 1 aromatic rings. The first-order chi connectivity index (χ1) is 10.5. The zero-order valence-electron chi connectivity index (χ0n) is 12.8. The summed E-state index contributed by atoms with van der Waals surface area (Å²) < 4.78 is 13.3. The van der Waals surface area contributed by atoms with Gasteiger partial charge in [0.25, 0.3) is 5.91 Å². The van der Waals surface area contributed by atoms with E-state index in [0.717, 1.165) is 0 Å². The van der Waals surface area contributed by atoms with Gasteiger partial charge in [-0.1, -0.05) is 0 Å². The van der Waals surface area contributed by atoms with Crippen LogP contribution in [0.5, 0.6) is 0 Å². The number of amides is 3. The van der Waals surface area contributed by atoms with Crippen molar-refractivity contribution in [2.45, 2.75) is 12.5 Å². The van der Waals surface area contributed by atoms with Crippen LogP contribution in [0.4, 0.5) is 9.18 Å². The molecule has 0 fully saturated rings. The van der Waals surface area contributed by atoms with Crippen molar-refractivity contribution in [2.75, 3.05) is 33.7 Å². The van der Waals surface area contributed by atoms with Crippen LogP contribution in [0.25, 0.3) is 0 Å². The van der Waals surface area contributed by atoms with Crippen LogP contribution >= 0.6 is 0 Å². The van der Waals surface area contributed by atoms with E-state index in [0.29, 0.717) is 37.2 Å². The number of benzene rings is 1. The molecule has 1 aromatic carbocycles. The third-order valence-electron chi connectivity index (χ3n) is 3.69. The molecule has 3 amide bonds. The lowest BCUT2D eigenvalue weighted by molar-refractivity contribution is 0.0954. The Morgan fingerprint density at radius 3 is 2.91 bits per heavy atom. The average molecular weight is 308 g/mol. The predicted octanol–water partition coefficient (Wildman–Crippen LogP) is 0.861. The number of carbonyl (C=O) groups is 2. The number of fused-ring (bicyclic) bond motifs is 1. The lowest BCUT2D eigenvalue weighted by Gasteiger charge is -2.20. The Hall–Kier alpha value is -2.15. The lowest BCUT2D eigenvalue weighted by atomic mass is 10.0. The van der Waals surface area contributed by atoms with Crippen LogP contribution in [0.2, 0.25) is 0 Å². The van der Waals surface area contributed by atoms with Gasteiger partial charge in [0.05, 0.1) is 6.04 Å².